The molecular weight excluding hydrogens is 385 g/mol. The maximum absolute atomic E-state index is 12.1. The van der Waals surface area contributed by atoms with Gasteiger partial charge in [0.05, 0.1) is 0 Å². The van der Waals surface area contributed by atoms with E-state index in [1.54, 1.807) is 30.3 Å². The molecule has 4 rings (SSSR count). The van der Waals surface area contributed by atoms with E-state index in [2.05, 4.69) is 4.99 Å². The molecule has 0 aliphatic carbocycles. The third kappa shape index (κ3) is 3.68. The van der Waals surface area contributed by atoms with Crippen LogP contribution in [-0.2, 0) is 9.53 Å². The van der Waals surface area contributed by atoms with E-state index in [1.807, 2.05) is 31.2 Å². The van der Waals surface area contributed by atoms with E-state index >= 15 is 0 Å². The molecule has 0 saturated carbocycles. The lowest BCUT2D eigenvalue weighted by Crippen LogP contribution is -2.00. The fourth-order valence-corrected chi connectivity index (χ4v) is 2.99. The summed E-state index contributed by atoms with van der Waals surface area (Å²) in [4.78, 5) is 16.1. The first-order valence-corrected chi connectivity index (χ1v) is 8.90. The summed E-state index contributed by atoms with van der Waals surface area (Å²) < 4.78 is 11.4. The standard InChI is InChI=1S/C21H13Cl2NO3/c1-12-5-6-13(10-17(12)23)18-8-7-16(26-18)11-19-20(25)24-21(27-19)14-3-2-4-15(22)9-14/h2-11H,1H3/b19-11-. The van der Waals surface area contributed by atoms with Gasteiger partial charge in [-0.3, -0.25) is 4.79 Å². The highest BCUT2D eigenvalue weighted by Crippen LogP contribution is 2.28. The van der Waals surface area contributed by atoms with Gasteiger partial charge in [0.1, 0.15) is 11.5 Å². The minimum absolute atomic E-state index is 0.0906. The number of ether oxygens (including phenoxy) is 1. The Balaban J connectivity index is 1.57. The van der Waals surface area contributed by atoms with E-state index in [0.717, 1.165) is 11.1 Å². The van der Waals surface area contributed by atoms with Crippen molar-refractivity contribution in [2.75, 3.05) is 0 Å². The number of amides is 1. The molecule has 2 aromatic carbocycles. The van der Waals surface area contributed by atoms with Gasteiger partial charge in [0.15, 0.2) is 5.76 Å². The lowest BCUT2D eigenvalue weighted by atomic mass is 10.1. The number of rotatable bonds is 3. The van der Waals surface area contributed by atoms with Gasteiger partial charge in [-0.15, -0.1) is 0 Å². The number of carbonyl (C=O) groups excluding carboxylic acids is 1. The highest BCUT2D eigenvalue weighted by atomic mass is 35.5. The minimum Gasteiger partial charge on any atom is -0.457 e. The van der Waals surface area contributed by atoms with Crippen LogP contribution in [-0.4, -0.2) is 11.8 Å². The van der Waals surface area contributed by atoms with E-state index in [9.17, 15) is 4.79 Å². The largest absolute Gasteiger partial charge is 0.457 e. The van der Waals surface area contributed by atoms with Gasteiger partial charge >= 0.3 is 5.91 Å². The molecule has 4 nitrogen and oxygen atoms in total. The number of halogens is 2. The fourth-order valence-electron chi connectivity index (χ4n) is 2.62. The number of furan rings is 1. The van der Waals surface area contributed by atoms with Crippen LogP contribution in [0.2, 0.25) is 10.0 Å². The van der Waals surface area contributed by atoms with Crippen molar-refractivity contribution in [1.29, 1.82) is 0 Å². The molecule has 0 fully saturated rings. The Morgan fingerprint density at radius 1 is 1.00 bits per heavy atom. The van der Waals surface area contributed by atoms with Crippen LogP contribution in [0.3, 0.4) is 0 Å². The molecule has 0 unspecified atom stereocenters. The van der Waals surface area contributed by atoms with Crippen LogP contribution in [0.15, 0.2) is 69.8 Å². The second-order valence-electron chi connectivity index (χ2n) is 6.01. The van der Waals surface area contributed by atoms with Crippen molar-refractivity contribution < 1.29 is 13.9 Å². The van der Waals surface area contributed by atoms with Gasteiger partial charge in [-0.2, -0.15) is 4.99 Å². The Kier molecular flexibility index (Phi) is 4.60. The summed E-state index contributed by atoms with van der Waals surface area (Å²) in [5, 5.41) is 1.20. The number of aryl methyl sites for hydroxylation is 1. The third-order valence-electron chi connectivity index (χ3n) is 4.05. The predicted octanol–water partition coefficient (Wildman–Crippen LogP) is 5.91. The molecule has 1 aromatic heterocycles. The van der Waals surface area contributed by atoms with Crippen molar-refractivity contribution in [3.63, 3.8) is 0 Å². The quantitative estimate of drug-likeness (QED) is 0.516. The first-order valence-electron chi connectivity index (χ1n) is 8.14. The molecule has 2 heterocycles. The number of hydrogen-bond donors (Lipinski definition) is 0. The van der Waals surface area contributed by atoms with Crippen molar-refractivity contribution in [2.24, 2.45) is 4.99 Å². The molecule has 0 bridgehead atoms. The van der Waals surface area contributed by atoms with Gasteiger partial charge in [0, 0.05) is 27.2 Å². The predicted molar refractivity (Wildman–Crippen MR) is 106 cm³/mol. The Labute approximate surface area is 165 Å². The first kappa shape index (κ1) is 17.6. The molecule has 134 valence electrons. The summed E-state index contributed by atoms with van der Waals surface area (Å²) in [6.07, 6.45) is 1.52. The van der Waals surface area contributed by atoms with Crippen LogP contribution >= 0.6 is 23.2 Å². The summed E-state index contributed by atoms with van der Waals surface area (Å²) in [6, 6.07) is 16.2. The zero-order valence-electron chi connectivity index (χ0n) is 14.2. The molecule has 27 heavy (non-hydrogen) atoms. The molecule has 1 aliphatic rings. The van der Waals surface area contributed by atoms with Crippen LogP contribution in [0, 0.1) is 6.92 Å². The lowest BCUT2D eigenvalue weighted by molar-refractivity contribution is -0.115. The Bertz CT molecular complexity index is 1110. The third-order valence-corrected chi connectivity index (χ3v) is 4.69. The summed E-state index contributed by atoms with van der Waals surface area (Å²) in [6.45, 7) is 1.94. The van der Waals surface area contributed by atoms with E-state index in [4.69, 9.17) is 32.4 Å². The fraction of sp³-hybridized carbons (Fsp3) is 0.0476. The lowest BCUT2D eigenvalue weighted by Gasteiger charge is -2.02. The molecule has 0 saturated heterocycles. The molecule has 1 aliphatic heterocycles. The van der Waals surface area contributed by atoms with Gasteiger partial charge in [0.2, 0.25) is 5.90 Å². The van der Waals surface area contributed by atoms with E-state index in [-0.39, 0.29) is 11.7 Å². The Morgan fingerprint density at radius 2 is 1.85 bits per heavy atom. The summed E-state index contributed by atoms with van der Waals surface area (Å²) in [5.41, 5.74) is 2.48. The number of nitrogens with zero attached hydrogens (tertiary/aromatic N) is 1. The molecule has 0 N–H and O–H groups in total. The summed E-state index contributed by atoms with van der Waals surface area (Å²) >= 11 is 12.1. The van der Waals surface area contributed by atoms with Gasteiger partial charge < -0.3 is 9.15 Å². The monoisotopic (exact) mass is 397 g/mol. The van der Waals surface area contributed by atoms with Gasteiger partial charge in [-0.25, -0.2) is 0 Å². The molecule has 0 spiro atoms. The topological polar surface area (TPSA) is 51.8 Å². The van der Waals surface area contributed by atoms with Crippen LogP contribution in [0.4, 0.5) is 0 Å². The average molecular weight is 398 g/mol. The summed E-state index contributed by atoms with van der Waals surface area (Å²) in [7, 11) is 0. The molecule has 3 aromatic rings. The number of carbonyl (C=O) groups is 1. The number of hydrogen-bond acceptors (Lipinski definition) is 3. The minimum atomic E-state index is -0.471. The molecule has 1 amide bonds. The second-order valence-corrected chi connectivity index (χ2v) is 6.85. The van der Waals surface area contributed by atoms with E-state index in [0.29, 0.717) is 27.1 Å². The zero-order valence-corrected chi connectivity index (χ0v) is 15.7. The molecule has 0 radical (unpaired) electrons. The van der Waals surface area contributed by atoms with E-state index < -0.39 is 5.91 Å². The number of aliphatic imine (C=N–C) groups is 1. The van der Waals surface area contributed by atoms with Gasteiger partial charge in [-0.05, 0) is 48.9 Å². The second kappa shape index (κ2) is 7.06. The molecule has 0 atom stereocenters. The highest BCUT2D eigenvalue weighted by Gasteiger charge is 2.24. The van der Waals surface area contributed by atoms with Gasteiger partial charge in [-0.1, -0.05) is 41.4 Å². The van der Waals surface area contributed by atoms with Crippen molar-refractivity contribution in [1.82, 2.24) is 0 Å². The Morgan fingerprint density at radius 3 is 2.63 bits per heavy atom. The molecule has 6 heteroatoms. The smallest absolute Gasteiger partial charge is 0.316 e. The van der Waals surface area contributed by atoms with Crippen molar-refractivity contribution in [2.45, 2.75) is 6.92 Å². The normalized spacial score (nSPS) is 15.1. The first-order chi connectivity index (χ1) is 13.0. The van der Waals surface area contributed by atoms with Gasteiger partial charge in [0.25, 0.3) is 0 Å². The van der Waals surface area contributed by atoms with Crippen LogP contribution in [0.1, 0.15) is 16.9 Å². The average Bonchev–Trinajstić information content (AvgIpc) is 3.25. The number of benzene rings is 2. The van der Waals surface area contributed by atoms with Crippen LogP contribution < -0.4 is 0 Å². The van der Waals surface area contributed by atoms with Crippen molar-refractivity contribution in [3.05, 3.63) is 87.3 Å². The maximum Gasteiger partial charge on any atom is 0.316 e. The van der Waals surface area contributed by atoms with Crippen molar-refractivity contribution in [3.8, 4) is 11.3 Å². The highest BCUT2D eigenvalue weighted by molar-refractivity contribution is 6.31. The van der Waals surface area contributed by atoms with Crippen LogP contribution in [0.5, 0.6) is 0 Å². The van der Waals surface area contributed by atoms with Crippen molar-refractivity contribution >= 4 is 41.1 Å². The Hall–Kier alpha value is -2.82. The SMILES string of the molecule is Cc1ccc(-c2ccc(/C=C3\OC(c4cccc(Cl)c4)=NC3=O)o2)cc1Cl. The van der Waals surface area contributed by atoms with Crippen LogP contribution in [0.25, 0.3) is 17.4 Å². The molecular formula is C21H13Cl2NO3. The van der Waals surface area contributed by atoms with E-state index in [1.165, 1.54) is 6.08 Å². The zero-order chi connectivity index (χ0) is 19.0. The summed E-state index contributed by atoms with van der Waals surface area (Å²) in [5.74, 6) is 0.956. The maximum atomic E-state index is 12.1.